The van der Waals surface area contributed by atoms with Crippen LogP contribution in [0.5, 0.6) is 0 Å². The SMILES string of the molecule is CO[P@@](C)(=S)OC[C@H]1O[C@@H]2OC(C)(C)O[C@@H]2[C@H]2OC(C)(C)O[C@H]21. The Morgan fingerprint density at radius 2 is 1.52 bits per heavy atom. The molecule has 0 bridgehead atoms. The van der Waals surface area contributed by atoms with Gasteiger partial charge in [0.2, 0.25) is 0 Å². The zero-order valence-electron chi connectivity index (χ0n) is 14.3. The second-order valence-corrected chi connectivity index (χ2v) is 11.1. The van der Waals surface area contributed by atoms with Gasteiger partial charge in [-0.15, -0.1) is 0 Å². The van der Waals surface area contributed by atoms with Crippen LogP contribution in [0.1, 0.15) is 27.7 Å². The molecule has 3 rings (SSSR count). The summed E-state index contributed by atoms with van der Waals surface area (Å²) in [7, 11) is 1.55. The third kappa shape index (κ3) is 3.81. The van der Waals surface area contributed by atoms with E-state index in [-0.39, 0.29) is 31.0 Å². The molecule has 0 aromatic rings. The molecule has 0 aromatic carbocycles. The first-order chi connectivity index (χ1) is 10.5. The van der Waals surface area contributed by atoms with Crippen LogP contribution in [0.25, 0.3) is 0 Å². The summed E-state index contributed by atoms with van der Waals surface area (Å²) >= 11 is 5.29. The molecule has 0 spiro atoms. The van der Waals surface area contributed by atoms with E-state index >= 15 is 0 Å². The Morgan fingerprint density at radius 1 is 0.957 bits per heavy atom. The van der Waals surface area contributed by atoms with E-state index in [1.54, 1.807) is 13.8 Å². The van der Waals surface area contributed by atoms with Crippen molar-refractivity contribution in [3.63, 3.8) is 0 Å². The van der Waals surface area contributed by atoms with Crippen LogP contribution in [0.4, 0.5) is 0 Å². The van der Waals surface area contributed by atoms with Gasteiger partial charge in [-0.25, -0.2) is 0 Å². The van der Waals surface area contributed by atoms with Crippen molar-refractivity contribution in [1.29, 1.82) is 0 Å². The van der Waals surface area contributed by atoms with E-state index < -0.39 is 24.4 Å². The predicted molar refractivity (Wildman–Crippen MR) is 85.7 cm³/mol. The van der Waals surface area contributed by atoms with Gasteiger partial charge in [0.25, 0.3) is 0 Å². The lowest BCUT2D eigenvalue weighted by Crippen LogP contribution is -2.56. The van der Waals surface area contributed by atoms with Gasteiger partial charge in [0.1, 0.15) is 24.4 Å². The fourth-order valence-corrected chi connectivity index (χ4v) is 3.79. The van der Waals surface area contributed by atoms with Crippen LogP contribution in [0.2, 0.25) is 0 Å². The van der Waals surface area contributed by atoms with Gasteiger partial charge in [0, 0.05) is 13.8 Å². The van der Waals surface area contributed by atoms with E-state index in [1.807, 2.05) is 27.7 Å². The normalized spacial score (nSPS) is 43.7. The molecule has 134 valence electrons. The van der Waals surface area contributed by atoms with Crippen LogP contribution >= 0.6 is 6.49 Å². The van der Waals surface area contributed by atoms with Crippen molar-refractivity contribution in [3.8, 4) is 0 Å². The maximum atomic E-state index is 6.04. The van der Waals surface area contributed by atoms with E-state index in [0.717, 1.165) is 0 Å². The Bertz CT molecular complexity index is 511. The lowest BCUT2D eigenvalue weighted by Gasteiger charge is -2.37. The number of hydrogen-bond donors (Lipinski definition) is 0. The molecule has 0 unspecified atom stereocenters. The van der Waals surface area contributed by atoms with Gasteiger partial charge >= 0.3 is 0 Å². The molecular formula is C14H25O7PS. The highest BCUT2D eigenvalue weighted by Crippen LogP contribution is 2.47. The lowest BCUT2D eigenvalue weighted by molar-refractivity contribution is -0.238. The van der Waals surface area contributed by atoms with Gasteiger partial charge < -0.3 is 32.7 Å². The number of rotatable bonds is 4. The van der Waals surface area contributed by atoms with Gasteiger partial charge in [-0.2, -0.15) is 0 Å². The molecular weight excluding hydrogens is 343 g/mol. The van der Waals surface area contributed by atoms with Crippen LogP contribution < -0.4 is 0 Å². The standard InChI is InChI=1S/C14H25O7PS/c1-13(2)18-9-8(7-16-22(6,23)15-5)17-12-11(10(9)19-13)20-14(3,4)21-12/h8-12H,7H2,1-6H3/t8-,9+,10+,11-,12-,22-/m1/s1. The Balaban J connectivity index is 1.77. The zero-order valence-corrected chi connectivity index (χ0v) is 16.0. The Morgan fingerprint density at radius 3 is 2.17 bits per heavy atom. The molecule has 0 radical (unpaired) electrons. The van der Waals surface area contributed by atoms with Crippen molar-refractivity contribution in [2.45, 2.75) is 70.0 Å². The van der Waals surface area contributed by atoms with Crippen LogP contribution in [-0.4, -0.2) is 62.7 Å². The molecule has 0 saturated carbocycles. The van der Waals surface area contributed by atoms with Gasteiger partial charge in [0.05, 0.1) is 6.61 Å². The minimum atomic E-state index is -2.28. The first kappa shape index (κ1) is 18.2. The second-order valence-electron chi connectivity index (χ2n) is 6.96. The van der Waals surface area contributed by atoms with Crippen molar-refractivity contribution in [1.82, 2.24) is 0 Å². The van der Waals surface area contributed by atoms with Crippen molar-refractivity contribution in [3.05, 3.63) is 0 Å². The fraction of sp³-hybridized carbons (Fsp3) is 1.00. The number of ether oxygens (including phenoxy) is 5. The molecule has 3 heterocycles. The third-order valence-electron chi connectivity index (χ3n) is 4.06. The molecule has 0 N–H and O–H groups in total. The molecule has 3 saturated heterocycles. The highest BCUT2D eigenvalue weighted by molar-refractivity contribution is 8.09. The van der Waals surface area contributed by atoms with Crippen LogP contribution in [0.3, 0.4) is 0 Å². The smallest absolute Gasteiger partial charge is 0.190 e. The third-order valence-corrected chi connectivity index (χ3v) is 6.10. The molecule has 23 heavy (non-hydrogen) atoms. The van der Waals surface area contributed by atoms with Crippen LogP contribution in [0, 0.1) is 0 Å². The minimum Gasteiger partial charge on any atom is -0.342 e. The molecule has 9 heteroatoms. The Kier molecular flexibility index (Phi) is 4.72. The highest BCUT2D eigenvalue weighted by Gasteiger charge is 2.60. The summed E-state index contributed by atoms with van der Waals surface area (Å²) in [4.78, 5) is 0. The molecule has 3 aliphatic rings. The maximum absolute atomic E-state index is 6.04. The molecule has 0 aliphatic carbocycles. The summed E-state index contributed by atoms with van der Waals surface area (Å²) in [5, 5.41) is 0. The van der Waals surface area contributed by atoms with Gasteiger partial charge in [-0.3, -0.25) is 0 Å². The van der Waals surface area contributed by atoms with E-state index in [9.17, 15) is 0 Å². The van der Waals surface area contributed by atoms with Crippen molar-refractivity contribution in [2.24, 2.45) is 0 Å². The van der Waals surface area contributed by atoms with E-state index in [1.165, 1.54) is 0 Å². The van der Waals surface area contributed by atoms with Crippen molar-refractivity contribution in [2.75, 3.05) is 20.4 Å². The molecule has 7 nitrogen and oxygen atoms in total. The van der Waals surface area contributed by atoms with Crippen molar-refractivity contribution >= 4 is 18.3 Å². The summed E-state index contributed by atoms with van der Waals surface area (Å²) in [5.41, 5.74) is 0. The minimum absolute atomic E-state index is 0.259. The predicted octanol–water partition coefficient (Wildman–Crippen LogP) is 1.99. The molecule has 3 aliphatic heterocycles. The van der Waals surface area contributed by atoms with Gasteiger partial charge in [0.15, 0.2) is 24.4 Å². The summed E-state index contributed by atoms with van der Waals surface area (Å²) in [6, 6.07) is 0. The topological polar surface area (TPSA) is 64.6 Å². The Hall–Kier alpha value is 0.370. The highest BCUT2D eigenvalue weighted by atomic mass is 32.5. The summed E-state index contributed by atoms with van der Waals surface area (Å²) in [5.74, 6) is -1.44. The lowest BCUT2D eigenvalue weighted by atomic mass is 9.99. The van der Waals surface area contributed by atoms with Crippen LogP contribution in [-0.2, 0) is 44.5 Å². The molecule has 0 amide bonds. The Labute approximate surface area is 142 Å². The molecule has 6 atom stereocenters. The summed E-state index contributed by atoms with van der Waals surface area (Å²) in [6.45, 7) is 7.21. The average molecular weight is 368 g/mol. The van der Waals surface area contributed by atoms with Crippen LogP contribution in [0.15, 0.2) is 0 Å². The first-order valence-electron chi connectivity index (χ1n) is 7.66. The van der Waals surface area contributed by atoms with Crippen molar-refractivity contribution < 1.29 is 32.7 Å². The zero-order chi connectivity index (χ0) is 17.0. The van der Waals surface area contributed by atoms with Gasteiger partial charge in [-0.05, 0) is 39.5 Å². The molecule has 0 aromatic heterocycles. The molecule has 3 fully saturated rings. The number of fused-ring (bicyclic) bond motifs is 3. The summed E-state index contributed by atoms with van der Waals surface area (Å²) < 4.78 is 40.8. The quantitative estimate of drug-likeness (QED) is 0.698. The number of hydrogen-bond acceptors (Lipinski definition) is 8. The second kappa shape index (κ2) is 5.97. The van der Waals surface area contributed by atoms with Gasteiger partial charge in [-0.1, -0.05) is 0 Å². The maximum Gasteiger partial charge on any atom is 0.190 e. The van der Waals surface area contributed by atoms with E-state index in [0.29, 0.717) is 0 Å². The van der Waals surface area contributed by atoms with E-state index in [4.69, 9.17) is 44.5 Å². The van der Waals surface area contributed by atoms with E-state index in [2.05, 4.69) is 0 Å². The monoisotopic (exact) mass is 368 g/mol. The first-order valence-corrected chi connectivity index (χ1v) is 10.7. The summed E-state index contributed by atoms with van der Waals surface area (Å²) in [6.07, 6.45) is -1.81. The average Bonchev–Trinajstić information content (AvgIpc) is 2.90. The largest absolute Gasteiger partial charge is 0.342 e. The fourth-order valence-electron chi connectivity index (χ4n) is 3.09.